The first-order valence-corrected chi connectivity index (χ1v) is 5.23. The number of halogens is 1. The van der Waals surface area contributed by atoms with Crippen molar-refractivity contribution >= 4 is 11.6 Å². The molecule has 1 aliphatic rings. The Balaban J connectivity index is 2.59. The highest BCUT2D eigenvalue weighted by molar-refractivity contribution is 6.26. The number of rotatable bonds is 0. The summed E-state index contributed by atoms with van der Waals surface area (Å²) in [6, 6.07) is 9.63. The van der Waals surface area contributed by atoms with Gasteiger partial charge in [0.2, 0.25) is 0 Å². The Bertz CT molecular complexity index is 435. The van der Waals surface area contributed by atoms with E-state index in [0.29, 0.717) is 12.2 Å². The van der Waals surface area contributed by atoms with Gasteiger partial charge in [-0.2, -0.15) is 5.26 Å². The van der Waals surface area contributed by atoms with Gasteiger partial charge in [-0.15, -0.1) is 0 Å². The zero-order valence-electron chi connectivity index (χ0n) is 8.75. The molecule has 0 amide bonds. The average Bonchev–Trinajstić information content (AvgIpc) is 2.16. The van der Waals surface area contributed by atoms with Crippen LogP contribution in [0.1, 0.15) is 25.8 Å². The summed E-state index contributed by atoms with van der Waals surface area (Å²) in [5, 5.41) is 9.19. The van der Waals surface area contributed by atoms with E-state index in [0.717, 1.165) is 5.56 Å². The van der Waals surface area contributed by atoms with Crippen LogP contribution < -0.4 is 4.74 Å². The summed E-state index contributed by atoms with van der Waals surface area (Å²) in [6.45, 7) is 3.88. The first kappa shape index (κ1) is 10.3. The second-order valence-electron chi connectivity index (χ2n) is 4.45. The molecule has 0 spiro atoms. The fourth-order valence-electron chi connectivity index (χ4n) is 2.00. The molecule has 0 saturated carbocycles. The van der Waals surface area contributed by atoms with Crippen LogP contribution in [0, 0.1) is 11.3 Å². The molecule has 1 aliphatic heterocycles. The quantitative estimate of drug-likeness (QED) is 0.631. The Morgan fingerprint density at radius 2 is 2.07 bits per heavy atom. The lowest BCUT2D eigenvalue weighted by molar-refractivity contribution is 0.0729. The number of ether oxygens (including phenoxy) is 1. The molecule has 1 heterocycles. The van der Waals surface area contributed by atoms with E-state index < -0.39 is 10.5 Å². The molecule has 2 nitrogen and oxygen atoms in total. The van der Waals surface area contributed by atoms with Crippen LogP contribution in [-0.4, -0.2) is 5.60 Å². The van der Waals surface area contributed by atoms with E-state index >= 15 is 0 Å². The smallest absolute Gasteiger partial charge is 0.163 e. The first-order chi connectivity index (χ1) is 6.97. The number of nitrogens with zero attached hydrogens (tertiary/aromatic N) is 1. The predicted molar refractivity (Wildman–Crippen MR) is 58.9 cm³/mol. The molecule has 0 saturated heterocycles. The highest BCUT2D eigenvalue weighted by atomic mass is 35.5. The topological polar surface area (TPSA) is 33.0 Å². The van der Waals surface area contributed by atoms with Gasteiger partial charge in [0.15, 0.2) is 4.87 Å². The lowest BCUT2D eigenvalue weighted by Gasteiger charge is -2.38. The van der Waals surface area contributed by atoms with Crippen molar-refractivity contribution in [1.29, 1.82) is 5.26 Å². The van der Waals surface area contributed by atoms with Crippen molar-refractivity contribution in [2.45, 2.75) is 30.7 Å². The van der Waals surface area contributed by atoms with E-state index in [1.165, 1.54) is 0 Å². The van der Waals surface area contributed by atoms with Gasteiger partial charge >= 0.3 is 0 Å². The van der Waals surface area contributed by atoms with E-state index in [9.17, 15) is 5.26 Å². The fraction of sp³-hybridized carbons (Fsp3) is 0.417. The maximum absolute atomic E-state index is 9.19. The molecule has 3 heteroatoms. The van der Waals surface area contributed by atoms with E-state index in [2.05, 4.69) is 6.07 Å². The van der Waals surface area contributed by atoms with Crippen LogP contribution in [0.15, 0.2) is 24.3 Å². The van der Waals surface area contributed by atoms with Gasteiger partial charge in [-0.05, 0) is 19.9 Å². The zero-order valence-corrected chi connectivity index (χ0v) is 9.51. The molecule has 0 aromatic heterocycles. The highest BCUT2D eigenvalue weighted by Crippen LogP contribution is 2.46. The van der Waals surface area contributed by atoms with Crippen molar-refractivity contribution in [3.05, 3.63) is 29.8 Å². The van der Waals surface area contributed by atoms with Crippen LogP contribution in [0.25, 0.3) is 0 Å². The van der Waals surface area contributed by atoms with E-state index in [4.69, 9.17) is 16.3 Å². The standard InChI is InChI=1S/C12H12ClNO/c1-11(2)7-12(13,8-14)9-5-3-4-6-10(9)15-11/h3-6H,7H2,1-2H3. The summed E-state index contributed by atoms with van der Waals surface area (Å²) in [4.78, 5) is -0.960. The molecule has 2 rings (SSSR count). The van der Waals surface area contributed by atoms with Crippen molar-refractivity contribution < 1.29 is 4.74 Å². The van der Waals surface area contributed by atoms with Gasteiger partial charge in [-0.1, -0.05) is 29.8 Å². The van der Waals surface area contributed by atoms with Crippen LogP contribution in [0.5, 0.6) is 5.75 Å². The lowest BCUT2D eigenvalue weighted by atomic mass is 9.84. The third kappa shape index (κ3) is 1.68. The average molecular weight is 222 g/mol. The Morgan fingerprint density at radius 1 is 1.40 bits per heavy atom. The number of para-hydroxylation sites is 1. The van der Waals surface area contributed by atoms with Crippen molar-refractivity contribution in [3.63, 3.8) is 0 Å². The lowest BCUT2D eigenvalue weighted by Crippen LogP contribution is -2.40. The number of benzene rings is 1. The summed E-state index contributed by atoms with van der Waals surface area (Å²) in [7, 11) is 0. The summed E-state index contributed by atoms with van der Waals surface area (Å²) < 4.78 is 5.78. The summed E-state index contributed by atoms with van der Waals surface area (Å²) in [5.41, 5.74) is 0.375. The first-order valence-electron chi connectivity index (χ1n) is 4.86. The number of hydrogen-bond acceptors (Lipinski definition) is 2. The second kappa shape index (κ2) is 3.15. The molecule has 0 N–H and O–H groups in total. The summed E-state index contributed by atoms with van der Waals surface area (Å²) in [6.07, 6.45) is 0.495. The van der Waals surface area contributed by atoms with Crippen molar-refractivity contribution in [1.82, 2.24) is 0 Å². The third-order valence-corrected chi connectivity index (χ3v) is 2.97. The van der Waals surface area contributed by atoms with Crippen LogP contribution in [0.4, 0.5) is 0 Å². The van der Waals surface area contributed by atoms with Gasteiger partial charge in [0.05, 0.1) is 6.07 Å². The Kier molecular flexibility index (Phi) is 2.17. The van der Waals surface area contributed by atoms with E-state index in [1.807, 2.05) is 38.1 Å². The van der Waals surface area contributed by atoms with Gasteiger partial charge in [0.25, 0.3) is 0 Å². The molecule has 0 fully saturated rings. The van der Waals surface area contributed by atoms with Gasteiger partial charge < -0.3 is 4.74 Å². The minimum absolute atomic E-state index is 0.397. The number of nitriles is 1. The zero-order chi connectivity index (χ0) is 11.1. The number of alkyl halides is 1. The summed E-state index contributed by atoms with van der Waals surface area (Å²) >= 11 is 6.33. The maximum atomic E-state index is 9.19. The second-order valence-corrected chi connectivity index (χ2v) is 5.09. The van der Waals surface area contributed by atoms with E-state index in [-0.39, 0.29) is 0 Å². The minimum atomic E-state index is -0.960. The number of hydrogen-bond donors (Lipinski definition) is 0. The Morgan fingerprint density at radius 3 is 2.73 bits per heavy atom. The van der Waals surface area contributed by atoms with Gasteiger partial charge in [-0.25, -0.2) is 0 Å². The molecule has 1 unspecified atom stereocenters. The van der Waals surface area contributed by atoms with Crippen molar-refractivity contribution in [3.8, 4) is 11.8 Å². The molecule has 1 aromatic rings. The molecule has 0 bridgehead atoms. The Hall–Kier alpha value is -1.20. The number of fused-ring (bicyclic) bond motifs is 1. The molecule has 78 valence electrons. The van der Waals surface area contributed by atoms with Gasteiger partial charge in [0, 0.05) is 12.0 Å². The normalized spacial score (nSPS) is 27.3. The highest BCUT2D eigenvalue weighted by Gasteiger charge is 2.44. The molecule has 0 aliphatic carbocycles. The molecular weight excluding hydrogens is 210 g/mol. The largest absolute Gasteiger partial charge is 0.487 e. The summed E-state index contributed by atoms with van der Waals surface area (Å²) in [5.74, 6) is 0.713. The van der Waals surface area contributed by atoms with Crippen molar-refractivity contribution in [2.75, 3.05) is 0 Å². The predicted octanol–water partition coefficient (Wildman–Crippen LogP) is 3.21. The molecular formula is C12H12ClNO. The molecule has 0 radical (unpaired) electrons. The van der Waals surface area contributed by atoms with Crippen LogP contribution in [0.2, 0.25) is 0 Å². The molecule has 15 heavy (non-hydrogen) atoms. The monoisotopic (exact) mass is 221 g/mol. The minimum Gasteiger partial charge on any atom is -0.487 e. The Labute approximate surface area is 94.4 Å². The third-order valence-electron chi connectivity index (χ3n) is 2.55. The molecule has 1 atom stereocenters. The fourth-order valence-corrected chi connectivity index (χ4v) is 2.48. The van der Waals surface area contributed by atoms with Crippen LogP contribution >= 0.6 is 11.6 Å². The van der Waals surface area contributed by atoms with Gasteiger partial charge in [0.1, 0.15) is 11.4 Å². The van der Waals surface area contributed by atoms with Crippen LogP contribution in [0.3, 0.4) is 0 Å². The van der Waals surface area contributed by atoms with E-state index in [1.54, 1.807) is 0 Å². The van der Waals surface area contributed by atoms with Gasteiger partial charge in [-0.3, -0.25) is 0 Å². The maximum Gasteiger partial charge on any atom is 0.163 e. The van der Waals surface area contributed by atoms with Crippen molar-refractivity contribution in [2.24, 2.45) is 0 Å². The van der Waals surface area contributed by atoms with Crippen LogP contribution in [-0.2, 0) is 4.87 Å². The SMILES string of the molecule is CC1(C)CC(Cl)(C#N)c2ccccc2O1. The molecule has 1 aromatic carbocycles.